The van der Waals surface area contributed by atoms with Gasteiger partial charge in [0.15, 0.2) is 0 Å². The number of hydrogen-bond donors (Lipinski definition) is 1. The Morgan fingerprint density at radius 3 is 2.67 bits per heavy atom. The van der Waals surface area contributed by atoms with Crippen molar-refractivity contribution < 1.29 is 4.74 Å². The summed E-state index contributed by atoms with van der Waals surface area (Å²) < 4.78 is 7.75. The second kappa shape index (κ2) is 5.69. The Labute approximate surface area is 107 Å². The van der Waals surface area contributed by atoms with Crippen molar-refractivity contribution in [1.29, 1.82) is 0 Å². The third-order valence-electron chi connectivity index (χ3n) is 2.84. The molecule has 0 aliphatic heterocycles. The van der Waals surface area contributed by atoms with Crippen molar-refractivity contribution in [3.8, 4) is 6.01 Å². The van der Waals surface area contributed by atoms with Gasteiger partial charge < -0.3 is 10.5 Å². The van der Waals surface area contributed by atoms with Crippen LogP contribution in [0.2, 0.25) is 0 Å². The zero-order chi connectivity index (χ0) is 13.0. The summed E-state index contributed by atoms with van der Waals surface area (Å²) in [6, 6.07) is 10.7. The maximum atomic E-state index is 5.89. The predicted octanol–water partition coefficient (Wildman–Crippen LogP) is 2.50. The van der Waals surface area contributed by atoms with E-state index in [0.29, 0.717) is 12.6 Å². The van der Waals surface area contributed by atoms with Crippen LogP contribution in [0.25, 0.3) is 0 Å². The van der Waals surface area contributed by atoms with Gasteiger partial charge in [-0.1, -0.05) is 30.3 Å². The minimum Gasteiger partial charge on any atom is -0.460 e. The van der Waals surface area contributed by atoms with Crippen LogP contribution < -0.4 is 10.5 Å². The molecule has 4 nitrogen and oxygen atoms in total. The summed E-state index contributed by atoms with van der Waals surface area (Å²) in [4.78, 5) is 4.28. The Hall–Kier alpha value is -1.81. The topological polar surface area (TPSA) is 53.1 Å². The van der Waals surface area contributed by atoms with Crippen molar-refractivity contribution in [1.82, 2.24) is 9.55 Å². The van der Waals surface area contributed by atoms with Crippen LogP contribution >= 0.6 is 0 Å². The van der Waals surface area contributed by atoms with Crippen LogP contribution in [0.5, 0.6) is 6.01 Å². The quantitative estimate of drug-likeness (QED) is 0.880. The van der Waals surface area contributed by atoms with Gasteiger partial charge >= 0.3 is 0 Å². The molecule has 0 fully saturated rings. The van der Waals surface area contributed by atoms with E-state index in [2.05, 4.69) is 11.9 Å². The number of ether oxygens (including phenoxy) is 1. The molecule has 0 saturated carbocycles. The lowest BCUT2D eigenvalue weighted by molar-refractivity contribution is 0.266. The molecular weight excluding hydrogens is 226 g/mol. The first-order valence-corrected chi connectivity index (χ1v) is 6.20. The SMILES string of the molecule is CCn1c(C(C)N)cnc1OCc1ccccc1. The minimum absolute atomic E-state index is 0.0356. The van der Waals surface area contributed by atoms with Crippen LogP contribution in [0, 0.1) is 0 Å². The van der Waals surface area contributed by atoms with Gasteiger partial charge in [-0.05, 0) is 19.4 Å². The monoisotopic (exact) mass is 245 g/mol. The van der Waals surface area contributed by atoms with E-state index in [0.717, 1.165) is 17.8 Å². The molecule has 1 aromatic carbocycles. The number of rotatable bonds is 5. The third kappa shape index (κ3) is 2.71. The molecule has 18 heavy (non-hydrogen) atoms. The molecule has 0 spiro atoms. The fourth-order valence-corrected chi connectivity index (χ4v) is 1.89. The zero-order valence-electron chi connectivity index (χ0n) is 10.8. The molecule has 2 rings (SSSR count). The summed E-state index contributed by atoms with van der Waals surface area (Å²) in [6.07, 6.45) is 1.79. The molecule has 0 aliphatic rings. The largest absolute Gasteiger partial charge is 0.460 e. The van der Waals surface area contributed by atoms with Gasteiger partial charge in [0.05, 0.1) is 11.9 Å². The number of hydrogen-bond acceptors (Lipinski definition) is 3. The van der Waals surface area contributed by atoms with Crippen molar-refractivity contribution in [2.75, 3.05) is 0 Å². The summed E-state index contributed by atoms with van der Waals surface area (Å²) >= 11 is 0. The van der Waals surface area contributed by atoms with Crippen molar-refractivity contribution in [2.24, 2.45) is 5.73 Å². The average molecular weight is 245 g/mol. The first-order valence-electron chi connectivity index (χ1n) is 6.20. The Morgan fingerprint density at radius 2 is 2.06 bits per heavy atom. The second-order valence-electron chi connectivity index (χ2n) is 4.27. The number of aromatic nitrogens is 2. The molecule has 0 saturated heterocycles. The molecular formula is C14H19N3O. The zero-order valence-corrected chi connectivity index (χ0v) is 10.8. The van der Waals surface area contributed by atoms with Crippen LogP contribution in [0.3, 0.4) is 0 Å². The van der Waals surface area contributed by atoms with Gasteiger partial charge in [0, 0.05) is 12.6 Å². The summed E-state index contributed by atoms with van der Waals surface area (Å²) in [6.45, 7) is 5.34. The Balaban J connectivity index is 2.10. The predicted molar refractivity (Wildman–Crippen MR) is 71.3 cm³/mol. The van der Waals surface area contributed by atoms with Gasteiger partial charge in [-0.3, -0.25) is 4.57 Å². The Morgan fingerprint density at radius 1 is 1.33 bits per heavy atom. The molecule has 0 bridgehead atoms. The van der Waals surface area contributed by atoms with Gasteiger partial charge in [-0.2, -0.15) is 0 Å². The second-order valence-corrected chi connectivity index (χ2v) is 4.27. The summed E-state index contributed by atoms with van der Waals surface area (Å²) in [5.74, 6) is 0. The van der Waals surface area contributed by atoms with Crippen molar-refractivity contribution in [3.63, 3.8) is 0 Å². The van der Waals surface area contributed by atoms with Gasteiger partial charge in [-0.25, -0.2) is 4.98 Å². The Kier molecular flexibility index (Phi) is 3.99. The van der Waals surface area contributed by atoms with E-state index in [1.165, 1.54) is 0 Å². The summed E-state index contributed by atoms with van der Waals surface area (Å²) in [7, 11) is 0. The summed E-state index contributed by atoms with van der Waals surface area (Å²) in [5.41, 5.74) is 8.02. The van der Waals surface area contributed by atoms with E-state index >= 15 is 0 Å². The van der Waals surface area contributed by atoms with E-state index in [4.69, 9.17) is 10.5 Å². The first kappa shape index (κ1) is 12.6. The van der Waals surface area contributed by atoms with E-state index < -0.39 is 0 Å². The normalized spacial score (nSPS) is 12.4. The molecule has 0 radical (unpaired) electrons. The van der Waals surface area contributed by atoms with Crippen molar-refractivity contribution >= 4 is 0 Å². The lowest BCUT2D eigenvalue weighted by Crippen LogP contribution is -2.12. The number of imidazole rings is 1. The molecule has 1 heterocycles. The van der Waals surface area contributed by atoms with Gasteiger partial charge in [0.2, 0.25) is 0 Å². The van der Waals surface area contributed by atoms with Gasteiger partial charge in [0.1, 0.15) is 6.61 Å². The molecule has 0 aliphatic carbocycles. The van der Waals surface area contributed by atoms with Crippen LogP contribution in [0.15, 0.2) is 36.5 Å². The highest BCUT2D eigenvalue weighted by molar-refractivity contribution is 5.16. The molecule has 1 atom stereocenters. The lowest BCUT2D eigenvalue weighted by atomic mass is 10.2. The molecule has 0 amide bonds. The standard InChI is InChI=1S/C14H19N3O/c1-3-17-13(11(2)15)9-16-14(17)18-10-12-7-5-4-6-8-12/h4-9,11H,3,10,15H2,1-2H3. The molecule has 2 aromatic rings. The van der Waals surface area contributed by atoms with Crippen LogP contribution in [-0.4, -0.2) is 9.55 Å². The fraction of sp³-hybridized carbons (Fsp3) is 0.357. The average Bonchev–Trinajstić information content (AvgIpc) is 2.80. The highest BCUT2D eigenvalue weighted by atomic mass is 16.5. The Bertz CT molecular complexity index is 491. The van der Waals surface area contributed by atoms with E-state index in [-0.39, 0.29) is 6.04 Å². The van der Waals surface area contributed by atoms with Crippen LogP contribution in [0.4, 0.5) is 0 Å². The van der Waals surface area contributed by atoms with Crippen molar-refractivity contribution in [2.45, 2.75) is 33.0 Å². The van der Waals surface area contributed by atoms with Gasteiger partial charge in [-0.15, -0.1) is 0 Å². The number of benzene rings is 1. The maximum absolute atomic E-state index is 5.89. The molecule has 4 heteroatoms. The summed E-state index contributed by atoms with van der Waals surface area (Å²) in [5, 5.41) is 0. The smallest absolute Gasteiger partial charge is 0.296 e. The molecule has 1 aromatic heterocycles. The highest BCUT2D eigenvalue weighted by Crippen LogP contribution is 2.18. The molecule has 96 valence electrons. The highest BCUT2D eigenvalue weighted by Gasteiger charge is 2.12. The van der Waals surface area contributed by atoms with E-state index in [9.17, 15) is 0 Å². The minimum atomic E-state index is -0.0356. The maximum Gasteiger partial charge on any atom is 0.296 e. The fourth-order valence-electron chi connectivity index (χ4n) is 1.89. The third-order valence-corrected chi connectivity index (χ3v) is 2.84. The van der Waals surface area contributed by atoms with Crippen LogP contribution in [0.1, 0.15) is 31.1 Å². The van der Waals surface area contributed by atoms with E-state index in [1.54, 1.807) is 6.20 Å². The first-order chi connectivity index (χ1) is 8.72. The van der Waals surface area contributed by atoms with Gasteiger partial charge in [0.25, 0.3) is 6.01 Å². The number of nitrogens with zero attached hydrogens (tertiary/aromatic N) is 2. The van der Waals surface area contributed by atoms with Crippen LogP contribution in [-0.2, 0) is 13.2 Å². The number of nitrogens with two attached hydrogens (primary N) is 1. The lowest BCUT2D eigenvalue weighted by Gasteiger charge is -2.12. The van der Waals surface area contributed by atoms with E-state index in [1.807, 2.05) is 41.8 Å². The molecule has 2 N–H and O–H groups in total. The molecule has 1 unspecified atom stereocenters. The van der Waals surface area contributed by atoms with Crippen molar-refractivity contribution in [3.05, 3.63) is 47.8 Å².